The predicted molar refractivity (Wildman–Crippen MR) is 64.6 cm³/mol. The van der Waals surface area contributed by atoms with Gasteiger partial charge in [0.15, 0.2) is 0 Å². The number of halogens is 4. The van der Waals surface area contributed by atoms with E-state index in [2.05, 4.69) is 41.8 Å². The number of nitrogens with zero attached hydrogens (tertiary/aromatic N) is 2. The Hall–Kier alpha value is -1.01. The zero-order valence-corrected chi connectivity index (χ0v) is 11.0. The molecule has 0 aliphatic rings. The molecule has 0 aliphatic heterocycles. The fourth-order valence-electron chi connectivity index (χ4n) is 1.53. The van der Waals surface area contributed by atoms with Crippen molar-refractivity contribution < 1.29 is 21.8 Å². The van der Waals surface area contributed by atoms with Crippen LogP contribution < -0.4 is 4.57 Å². The second-order valence-electron chi connectivity index (χ2n) is 4.23. The normalized spacial score (nSPS) is 11.0. The number of imidazole rings is 1. The van der Waals surface area contributed by atoms with Crippen molar-refractivity contribution in [1.82, 2.24) is 4.57 Å². The summed E-state index contributed by atoms with van der Waals surface area (Å²) in [5.74, 6) is 0. The minimum atomic E-state index is -6.00. The number of aromatic nitrogens is 2. The molecule has 18 heavy (non-hydrogen) atoms. The average molecular weight is 268 g/mol. The lowest BCUT2D eigenvalue weighted by Crippen LogP contribution is -2.23. The molecule has 0 unspecified atom stereocenters. The minimum absolute atomic E-state index is 1.17. The van der Waals surface area contributed by atoms with Crippen LogP contribution >= 0.6 is 0 Å². The Balaban J connectivity index is 0.000000494. The van der Waals surface area contributed by atoms with Gasteiger partial charge in [-0.25, -0.2) is 9.13 Å². The van der Waals surface area contributed by atoms with Crippen LogP contribution in [-0.2, 0) is 13.6 Å². The van der Waals surface area contributed by atoms with Crippen LogP contribution in [0.4, 0.5) is 17.3 Å². The van der Waals surface area contributed by atoms with Crippen molar-refractivity contribution in [2.45, 2.75) is 45.6 Å². The SMILES string of the molecule is CCCCCCCn1cc[n+](C)c1.F[B-](F)(F)F. The molecule has 0 saturated heterocycles. The highest BCUT2D eigenvalue weighted by atomic mass is 19.5. The first-order valence-corrected chi connectivity index (χ1v) is 6.21. The van der Waals surface area contributed by atoms with Gasteiger partial charge in [-0.05, 0) is 12.8 Å². The molecule has 7 heteroatoms. The van der Waals surface area contributed by atoms with E-state index in [0.29, 0.717) is 0 Å². The third kappa shape index (κ3) is 13.1. The first-order chi connectivity index (χ1) is 8.33. The van der Waals surface area contributed by atoms with Crippen LogP contribution in [0.15, 0.2) is 18.7 Å². The molecule has 1 rings (SSSR count). The van der Waals surface area contributed by atoms with E-state index in [9.17, 15) is 17.3 Å². The number of rotatable bonds is 6. The van der Waals surface area contributed by atoms with Gasteiger partial charge in [0.05, 0.1) is 13.6 Å². The summed E-state index contributed by atoms with van der Waals surface area (Å²) < 4.78 is 43.3. The van der Waals surface area contributed by atoms with Crippen molar-refractivity contribution in [3.8, 4) is 0 Å². The van der Waals surface area contributed by atoms with Crippen molar-refractivity contribution in [3.05, 3.63) is 18.7 Å². The fourth-order valence-corrected chi connectivity index (χ4v) is 1.53. The molecule has 0 fully saturated rings. The first-order valence-electron chi connectivity index (χ1n) is 6.21. The molecule has 0 radical (unpaired) electrons. The molecule has 0 saturated carbocycles. The second-order valence-corrected chi connectivity index (χ2v) is 4.23. The van der Waals surface area contributed by atoms with E-state index in [4.69, 9.17) is 0 Å². The first kappa shape index (κ1) is 17.0. The van der Waals surface area contributed by atoms with Gasteiger partial charge in [0.2, 0.25) is 6.33 Å². The van der Waals surface area contributed by atoms with Gasteiger partial charge in [-0.1, -0.05) is 26.2 Å². The molecule has 0 atom stereocenters. The molecular weight excluding hydrogens is 247 g/mol. The van der Waals surface area contributed by atoms with Crippen LogP contribution in [0.2, 0.25) is 0 Å². The summed E-state index contributed by atoms with van der Waals surface area (Å²) >= 11 is 0. The van der Waals surface area contributed by atoms with E-state index < -0.39 is 7.25 Å². The molecule has 1 aromatic heterocycles. The zero-order valence-electron chi connectivity index (χ0n) is 11.0. The molecular formula is C11H21BF4N2. The monoisotopic (exact) mass is 268 g/mol. The standard InChI is InChI=1S/C11H21N2.BF4/c1-3-4-5-6-7-8-13-10-9-12(2)11-13;2-1(3,4)5/h9-11H,3-8H2,1-2H3;/q+1;-1. The maximum atomic E-state index is 9.75. The molecule has 1 heterocycles. The summed E-state index contributed by atoms with van der Waals surface area (Å²) in [6, 6.07) is 0. The van der Waals surface area contributed by atoms with Gasteiger partial charge >= 0.3 is 7.25 Å². The van der Waals surface area contributed by atoms with Gasteiger partial charge in [0.25, 0.3) is 0 Å². The molecule has 0 bridgehead atoms. The summed E-state index contributed by atoms with van der Waals surface area (Å²) in [7, 11) is -3.94. The highest BCUT2D eigenvalue weighted by Gasteiger charge is 2.20. The summed E-state index contributed by atoms with van der Waals surface area (Å²) in [5.41, 5.74) is 0. The molecule has 1 aromatic rings. The molecule has 0 N–H and O–H groups in total. The third-order valence-corrected chi connectivity index (χ3v) is 2.34. The van der Waals surface area contributed by atoms with Crippen LogP contribution in [0.1, 0.15) is 39.0 Å². The van der Waals surface area contributed by atoms with Crippen LogP contribution in [0.3, 0.4) is 0 Å². The summed E-state index contributed by atoms with van der Waals surface area (Å²) in [4.78, 5) is 0. The second kappa shape index (κ2) is 9.00. The van der Waals surface area contributed by atoms with Crippen molar-refractivity contribution >= 4 is 7.25 Å². The average Bonchev–Trinajstić information content (AvgIpc) is 2.61. The molecule has 2 nitrogen and oxygen atoms in total. The van der Waals surface area contributed by atoms with E-state index in [1.165, 1.54) is 38.6 Å². The number of unbranched alkanes of at least 4 members (excludes halogenated alkanes) is 4. The molecule has 0 spiro atoms. The Bertz CT molecular complexity index is 306. The number of aryl methyl sites for hydroxylation is 2. The fraction of sp³-hybridized carbons (Fsp3) is 0.727. The van der Waals surface area contributed by atoms with E-state index >= 15 is 0 Å². The van der Waals surface area contributed by atoms with Crippen molar-refractivity contribution in [2.24, 2.45) is 7.05 Å². The summed E-state index contributed by atoms with van der Waals surface area (Å²) in [5, 5.41) is 0. The molecule has 0 aromatic carbocycles. The Labute approximate surface area is 106 Å². The highest BCUT2D eigenvalue weighted by Crippen LogP contribution is 2.06. The van der Waals surface area contributed by atoms with Crippen LogP contribution in [0.5, 0.6) is 0 Å². The topological polar surface area (TPSA) is 8.81 Å². The lowest BCUT2D eigenvalue weighted by atomic mass is 10.1. The van der Waals surface area contributed by atoms with Crippen LogP contribution in [0, 0.1) is 0 Å². The minimum Gasteiger partial charge on any atom is -0.418 e. The number of hydrogen-bond donors (Lipinski definition) is 0. The highest BCUT2D eigenvalue weighted by molar-refractivity contribution is 6.50. The van der Waals surface area contributed by atoms with E-state index in [1.54, 1.807) is 0 Å². The molecule has 0 amide bonds. The van der Waals surface area contributed by atoms with Crippen LogP contribution in [-0.4, -0.2) is 11.8 Å². The van der Waals surface area contributed by atoms with Crippen molar-refractivity contribution in [2.75, 3.05) is 0 Å². The van der Waals surface area contributed by atoms with E-state index in [-0.39, 0.29) is 0 Å². The smallest absolute Gasteiger partial charge is 0.418 e. The maximum absolute atomic E-state index is 9.75. The van der Waals surface area contributed by atoms with E-state index in [0.717, 1.165) is 0 Å². The Morgan fingerprint density at radius 2 is 1.61 bits per heavy atom. The van der Waals surface area contributed by atoms with Crippen molar-refractivity contribution in [3.63, 3.8) is 0 Å². The van der Waals surface area contributed by atoms with Gasteiger partial charge < -0.3 is 17.3 Å². The summed E-state index contributed by atoms with van der Waals surface area (Å²) in [6.45, 7) is 3.43. The lowest BCUT2D eigenvalue weighted by molar-refractivity contribution is -0.671. The van der Waals surface area contributed by atoms with Crippen molar-refractivity contribution in [1.29, 1.82) is 0 Å². The Kier molecular flexibility index (Phi) is 8.49. The zero-order chi connectivity index (χ0) is 14.0. The molecule has 0 aliphatic carbocycles. The Morgan fingerprint density at radius 1 is 1.06 bits per heavy atom. The quantitative estimate of drug-likeness (QED) is 0.323. The van der Waals surface area contributed by atoms with Gasteiger partial charge in [0, 0.05) is 0 Å². The van der Waals surface area contributed by atoms with Gasteiger partial charge in [-0.2, -0.15) is 0 Å². The van der Waals surface area contributed by atoms with Gasteiger partial charge in [-0.15, -0.1) is 0 Å². The third-order valence-electron chi connectivity index (χ3n) is 2.34. The maximum Gasteiger partial charge on any atom is 0.673 e. The molecule has 106 valence electrons. The predicted octanol–water partition coefficient (Wildman–Crippen LogP) is 3.58. The lowest BCUT2D eigenvalue weighted by Gasteiger charge is -1.97. The van der Waals surface area contributed by atoms with Gasteiger partial charge in [-0.3, -0.25) is 0 Å². The summed E-state index contributed by atoms with van der Waals surface area (Å²) in [6.07, 6.45) is 13.2. The van der Waals surface area contributed by atoms with Gasteiger partial charge in [0.1, 0.15) is 12.4 Å². The van der Waals surface area contributed by atoms with Crippen LogP contribution in [0.25, 0.3) is 0 Å². The Morgan fingerprint density at radius 3 is 2.06 bits per heavy atom. The number of hydrogen-bond acceptors (Lipinski definition) is 0. The van der Waals surface area contributed by atoms with E-state index in [1.807, 2.05) is 0 Å². The largest absolute Gasteiger partial charge is 0.673 e.